The Morgan fingerprint density at radius 1 is 1.21 bits per heavy atom. The maximum absolute atomic E-state index is 12.5. The van der Waals surface area contributed by atoms with Gasteiger partial charge in [-0.3, -0.25) is 14.2 Å². The van der Waals surface area contributed by atoms with Gasteiger partial charge in [-0.15, -0.1) is 0 Å². The number of benzene rings is 2. The van der Waals surface area contributed by atoms with Crippen molar-refractivity contribution in [2.75, 3.05) is 5.32 Å². The first kappa shape index (κ1) is 16.4. The molecule has 0 aliphatic carbocycles. The van der Waals surface area contributed by atoms with Crippen molar-refractivity contribution >= 4 is 38.4 Å². The first-order valence-electron chi connectivity index (χ1n) is 7.46. The van der Waals surface area contributed by atoms with Crippen molar-refractivity contribution in [1.29, 1.82) is 0 Å². The van der Waals surface area contributed by atoms with E-state index in [0.717, 1.165) is 15.6 Å². The van der Waals surface area contributed by atoms with Gasteiger partial charge in [-0.2, -0.15) is 0 Å². The van der Waals surface area contributed by atoms with Gasteiger partial charge in [0.1, 0.15) is 6.54 Å². The summed E-state index contributed by atoms with van der Waals surface area (Å²) in [4.78, 5) is 29.0. The van der Waals surface area contributed by atoms with Crippen molar-refractivity contribution in [2.24, 2.45) is 0 Å². The largest absolute Gasteiger partial charge is 0.324 e. The zero-order valence-electron chi connectivity index (χ0n) is 13.3. The zero-order chi connectivity index (χ0) is 17.3. The third-order valence-electron chi connectivity index (χ3n) is 3.82. The number of halogens is 1. The lowest BCUT2D eigenvalue weighted by Gasteiger charge is -2.09. The highest BCUT2D eigenvalue weighted by atomic mass is 79.9. The molecule has 0 fully saturated rings. The average Bonchev–Trinajstić information content (AvgIpc) is 2.54. The molecule has 0 saturated heterocycles. The third kappa shape index (κ3) is 3.23. The number of anilines is 1. The van der Waals surface area contributed by atoms with E-state index in [2.05, 4.69) is 26.2 Å². The minimum absolute atomic E-state index is 0.0821. The highest BCUT2D eigenvalue weighted by molar-refractivity contribution is 9.10. The summed E-state index contributed by atoms with van der Waals surface area (Å²) < 4.78 is 2.24. The van der Waals surface area contributed by atoms with Crippen LogP contribution < -0.4 is 10.9 Å². The van der Waals surface area contributed by atoms with Gasteiger partial charge in [0.05, 0.1) is 17.2 Å². The number of aromatic nitrogens is 2. The summed E-state index contributed by atoms with van der Waals surface area (Å²) in [5.41, 5.74) is 3.14. The maximum atomic E-state index is 12.5. The van der Waals surface area contributed by atoms with E-state index in [0.29, 0.717) is 16.6 Å². The van der Waals surface area contributed by atoms with Gasteiger partial charge in [-0.1, -0.05) is 34.1 Å². The van der Waals surface area contributed by atoms with Crippen molar-refractivity contribution in [3.05, 3.63) is 68.7 Å². The molecule has 5 nitrogen and oxygen atoms in total. The Labute approximate surface area is 147 Å². The summed E-state index contributed by atoms with van der Waals surface area (Å²) in [6.07, 6.45) is 1.42. The average molecular weight is 386 g/mol. The molecule has 1 amide bonds. The predicted octanol–water partition coefficient (Wildman–Crippen LogP) is 3.41. The SMILES string of the molecule is Cc1ccc(NC(=O)Cn2cnc3c(C)cccc3c2=O)cc1Br. The number of nitrogens with zero attached hydrogens (tertiary/aromatic N) is 2. The minimum atomic E-state index is -0.276. The molecular weight excluding hydrogens is 370 g/mol. The van der Waals surface area contributed by atoms with Crippen molar-refractivity contribution in [3.63, 3.8) is 0 Å². The van der Waals surface area contributed by atoms with Crippen LogP contribution >= 0.6 is 15.9 Å². The van der Waals surface area contributed by atoms with Crippen LogP contribution in [-0.2, 0) is 11.3 Å². The van der Waals surface area contributed by atoms with Crippen molar-refractivity contribution < 1.29 is 4.79 Å². The Bertz CT molecular complexity index is 995. The molecule has 1 N–H and O–H groups in total. The van der Waals surface area contributed by atoms with Crippen molar-refractivity contribution in [1.82, 2.24) is 9.55 Å². The molecule has 6 heteroatoms. The van der Waals surface area contributed by atoms with Gasteiger partial charge in [0.2, 0.25) is 5.91 Å². The molecule has 0 unspecified atom stereocenters. The van der Waals surface area contributed by atoms with Crippen molar-refractivity contribution in [2.45, 2.75) is 20.4 Å². The van der Waals surface area contributed by atoms with Crippen LogP contribution in [0.15, 0.2) is 52.0 Å². The molecule has 3 rings (SSSR count). The highest BCUT2D eigenvalue weighted by Crippen LogP contribution is 2.20. The molecule has 1 heterocycles. The summed E-state index contributed by atoms with van der Waals surface area (Å²) in [6.45, 7) is 3.79. The topological polar surface area (TPSA) is 64.0 Å². The Morgan fingerprint density at radius 2 is 2.00 bits per heavy atom. The molecule has 0 aliphatic rings. The fourth-order valence-electron chi connectivity index (χ4n) is 2.48. The number of hydrogen-bond acceptors (Lipinski definition) is 3. The lowest BCUT2D eigenvalue weighted by molar-refractivity contribution is -0.116. The summed E-state index contributed by atoms with van der Waals surface area (Å²) in [7, 11) is 0. The van der Waals surface area contributed by atoms with Crippen molar-refractivity contribution in [3.8, 4) is 0 Å². The lowest BCUT2D eigenvalue weighted by atomic mass is 10.1. The number of hydrogen-bond donors (Lipinski definition) is 1. The van der Waals surface area contributed by atoms with Gasteiger partial charge < -0.3 is 5.32 Å². The second-order valence-electron chi connectivity index (χ2n) is 5.66. The van der Waals surface area contributed by atoms with Gasteiger partial charge in [-0.05, 0) is 43.2 Å². The highest BCUT2D eigenvalue weighted by Gasteiger charge is 2.10. The second-order valence-corrected chi connectivity index (χ2v) is 6.52. The molecule has 2 aromatic carbocycles. The van der Waals surface area contributed by atoms with Crippen LogP contribution in [-0.4, -0.2) is 15.5 Å². The van der Waals surface area contributed by atoms with E-state index in [1.54, 1.807) is 6.07 Å². The first-order valence-corrected chi connectivity index (χ1v) is 8.26. The maximum Gasteiger partial charge on any atom is 0.261 e. The fourth-order valence-corrected chi connectivity index (χ4v) is 2.85. The van der Waals surface area contributed by atoms with Gasteiger partial charge >= 0.3 is 0 Å². The summed E-state index contributed by atoms with van der Waals surface area (Å²) in [5.74, 6) is -0.276. The summed E-state index contributed by atoms with van der Waals surface area (Å²) in [5, 5.41) is 3.31. The van der Waals surface area contributed by atoms with Crippen LogP contribution in [0.25, 0.3) is 10.9 Å². The van der Waals surface area contributed by atoms with Crippen LogP contribution in [0, 0.1) is 13.8 Å². The van der Waals surface area contributed by atoms with Crippen LogP contribution in [0.3, 0.4) is 0 Å². The fraction of sp³-hybridized carbons (Fsp3) is 0.167. The van der Waals surface area contributed by atoms with E-state index in [1.807, 2.05) is 44.2 Å². The number of rotatable bonds is 3. The molecule has 0 spiro atoms. The Kier molecular flexibility index (Phi) is 4.49. The molecule has 0 atom stereocenters. The number of fused-ring (bicyclic) bond motifs is 1. The Hall–Kier alpha value is -2.47. The number of para-hydroxylation sites is 1. The molecular formula is C18H16BrN3O2. The molecule has 24 heavy (non-hydrogen) atoms. The first-order chi connectivity index (χ1) is 11.5. The van der Waals surface area contributed by atoms with E-state index in [1.165, 1.54) is 10.9 Å². The second kappa shape index (κ2) is 6.57. The number of carbonyl (C=O) groups is 1. The number of nitrogens with one attached hydrogen (secondary N) is 1. The molecule has 3 aromatic rings. The molecule has 0 aliphatic heterocycles. The molecule has 0 radical (unpaired) electrons. The number of carbonyl (C=O) groups excluding carboxylic acids is 1. The van der Waals surface area contributed by atoms with E-state index in [-0.39, 0.29) is 18.0 Å². The monoisotopic (exact) mass is 385 g/mol. The van der Waals surface area contributed by atoms with Crippen LogP contribution in [0.5, 0.6) is 0 Å². The third-order valence-corrected chi connectivity index (χ3v) is 4.68. The molecule has 0 saturated carbocycles. The predicted molar refractivity (Wildman–Crippen MR) is 98.2 cm³/mol. The molecule has 122 valence electrons. The normalized spacial score (nSPS) is 10.8. The van der Waals surface area contributed by atoms with E-state index >= 15 is 0 Å². The standard InChI is InChI=1S/C18H16BrN3O2/c1-11-6-7-13(8-15(11)19)21-16(23)9-22-10-20-17-12(2)4-3-5-14(17)18(22)24/h3-8,10H,9H2,1-2H3,(H,21,23). The van der Waals surface area contributed by atoms with Gasteiger partial charge in [0.15, 0.2) is 0 Å². The zero-order valence-corrected chi connectivity index (χ0v) is 14.9. The van der Waals surface area contributed by atoms with Gasteiger partial charge in [-0.25, -0.2) is 4.98 Å². The van der Waals surface area contributed by atoms with Crippen LogP contribution in [0.4, 0.5) is 5.69 Å². The molecule has 1 aromatic heterocycles. The lowest BCUT2D eigenvalue weighted by Crippen LogP contribution is -2.28. The Balaban J connectivity index is 1.84. The van der Waals surface area contributed by atoms with Crippen LogP contribution in [0.2, 0.25) is 0 Å². The quantitative estimate of drug-likeness (QED) is 0.751. The summed E-state index contributed by atoms with van der Waals surface area (Å²) in [6, 6.07) is 11.0. The van der Waals surface area contributed by atoms with E-state index in [4.69, 9.17) is 0 Å². The Morgan fingerprint density at radius 3 is 2.75 bits per heavy atom. The van der Waals surface area contributed by atoms with E-state index in [9.17, 15) is 9.59 Å². The number of aryl methyl sites for hydroxylation is 2. The summed E-state index contributed by atoms with van der Waals surface area (Å²) >= 11 is 3.43. The van der Waals surface area contributed by atoms with Gasteiger partial charge in [0.25, 0.3) is 5.56 Å². The number of amides is 1. The molecule has 0 bridgehead atoms. The smallest absolute Gasteiger partial charge is 0.261 e. The van der Waals surface area contributed by atoms with E-state index < -0.39 is 0 Å². The van der Waals surface area contributed by atoms with Crippen LogP contribution in [0.1, 0.15) is 11.1 Å². The van der Waals surface area contributed by atoms with Gasteiger partial charge in [0, 0.05) is 10.2 Å². The minimum Gasteiger partial charge on any atom is -0.324 e.